The zero-order valence-electron chi connectivity index (χ0n) is 10.9. The lowest BCUT2D eigenvalue weighted by Gasteiger charge is -2.27. The Bertz CT molecular complexity index is 639. The van der Waals surface area contributed by atoms with Crippen LogP contribution in [0.2, 0.25) is 0 Å². The van der Waals surface area contributed by atoms with Gasteiger partial charge >= 0.3 is 0 Å². The molecule has 0 saturated carbocycles. The van der Waals surface area contributed by atoms with Crippen molar-refractivity contribution in [3.63, 3.8) is 0 Å². The highest BCUT2D eigenvalue weighted by molar-refractivity contribution is 9.10. The van der Waals surface area contributed by atoms with Gasteiger partial charge in [0.05, 0.1) is 18.1 Å². The van der Waals surface area contributed by atoms with E-state index in [2.05, 4.69) is 15.9 Å². The quantitative estimate of drug-likeness (QED) is 0.845. The number of carbonyl (C=O) groups is 1. The molecule has 1 saturated heterocycles. The van der Waals surface area contributed by atoms with Crippen LogP contribution >= 0.6 is 15.9 Å². The van der Waals surface area contributed by atoms with Crippen molar-refractivity contribution in [3.8, 4) is 0 Å². The number of sulfonamides is 1. The zero-order valence-corrected chi connectivity index (χ0v) is 13.3. The summed E-state index contributed by atoms with van der Waals surface area (Å²) in [6, 6.07) is 2.73. The van der Waals surface area contributed by atoms with Gasteiger partial charge in [0.2, 0.25) is 10.0 Å². The zero-order chi connectivity index (χ0) is 14.9. The Kier molecular flexibility index (Phi) is 4.48. The molecule has 8 heteroatoms. The summed E-state index contributed by atoms with van der Waals surface area (Å²) in [7, 11) is -3.85. The molecular formula is C12H15BrN2O4S. The molecule has 1 fully saturated rings. The molecule has 0 radical (unpaired) electrons. The predicted molar refractivity (Wildman–Crippen MR) is 77.0 cm³/mol. The van der Waals surface area contributed by atoms with Gasteiger partial charge in [-0.15, -0.1) is 0 Å². The largest absolute Gasteiger partial charge is 0.378 e. The van der Waals surface area contributed by atoms with Crippen molar-refractivity contribution < 1.29 is 17.9 Å². The summed E-state index contributed by atoms with van der Waals surface area (Å²) in [5.41, 5.74) is 1.03. The average molecular weight is 363 g/mol. The van der Waals surface area contributed by atoms with Crippen molar-refractivity contribution in [2.75, 3.05) is 26.3 Å². The van der Waals surface area contributed by atoms with Crippen LogP contribution < -0.4 is 5.14 Å². The first kappa shape index (κ1) is 15.4. The second kappa shape index (κ2) is 5.80. The van der Waals surface area contributed by atoms with Crippen molar-refractivity contribution in [1.29, 1.82) is 0 Å². The molecule has 6 nitrogen and oxygen atoms in total. The van der Waals surface area contributed by atoms with Crippen molar-refractivity contribution >= 4 is 31.9 Å². The Balaban J connectivity index is 2.44. The van der Waals surface area contributed by atoms with Crippen LogP contribution in [-0.2, 0) is 14.8 Å². The molecule has 1 aliphatic rings. The summed E-state index contributed by atoms with van der Waals surface area (Å²) >= 11 is 3.27. The molecule has 1 aromatic carbocycles. The van der Waals surface area contributed by atoms with Gasteiger partial charge in [0.1, 0.15) is 0 Å². The monoisotopic (exact) mass is 362 g/mol. The number of carbonyl (C=O) groups excluding carboxylic acids is 1. The van der Waals surface area contributed by atoms with E-state index in [1.165, 1.54) is 12.1 Å². The smallest absolute Gasteiger partial charge is 0.254 e. The molecule has 110 valence electrons. The van der Waals surface area contributed by atoms with Gasteiger partial charge in [-0.1, -0.05) is 15.9 Å². The first-order valence-corrected chi connectivity index (χ1v) is 8.34. The summed E-state index contributed by atoms with van der Waals surface area (Å²) in [4.78, 5) is 14.0. The molecule has 1 aromatic rings. The number of morpholine rings is 1. The lowest BCUT2D eigenvalue weighted by atomic mass is 10.1. The second-order valence-corrected chi connectivity index (χ2v) is 6.94. The van der Waals surface area contributed by atoms with Gasteiger partial charge < -0.3 is 9.64 Å². The Hall–Kier alpha value is -0.960. The fourth-order valence-electron chi connectivity index (χ4n) is 1.98. The molecule has 0 bridgehead atoms. The molecule has 0 unspecified atom stereocenters. The van der Waals surface area contributed by atoms with E-state index in [4.69, 9.17) is 9.88 Å². The number of nitrogens with zero attached hydrogens (tertiary/aromatic N) is 1. The van der Waals surface area contributed by atoms with E-state index < -0.39 is 10.0 Å². The van der Waals surface area contributed by atoms with Crippen molar-refractivity contribution in [2.45, 2.75) is 11.8 Å². The molecule has 20 heavy (non-hydrogen) atoms. The Morgan fingerprint density at radius 1 is 1.35 bits per heavy atom. The third-order valence-electron chi connectivity index (χ3n) is 3.18. The minimum atomic E-state index is -3.85. The first-order chi connectivity index (χ1) is 9.30. The van der Waals surface area contributed by atoms with Gasteiger partial charge in [-0.25, -0.2) is 13.6 Å². The van der Waals surface area contributed by atoms with Crippen LogP contribution in [0.1, 0.15) is 15.9 Å². The number of hydrogen-bond acceptors (Lipinski definition) is 4. The SMILES string of the molecule is Cc1c(Br)cc(S(N)(=O)=O)cc1C(=O)N1CCOCC1. The fraction of sp³-hybridized carbons (Fsp3) is 0.417. The van der Waals surface area contributed by atoms with E-state index in [1.54, 1.807) is 11.8 Å². The number of primary sulfonamides is 1. The summed E-state index contributed by atoms with van der Waals surface area (Å²) in [6.07, 6.45) is 0. The minimum absolute atomic E-state index is 0.0772. The molecule has 1 amide bonds. The Morgan fingerprint density at radius 2 is 1.95 bits per heavy atom. The van der Waals surface area contributed by atoms with Crippen LogP contribution in [0.15, 0.2) is 21.5 Å². The van der Waals surface area contributed by atoms with Gasteiger partial charge in [-0.3, -0.25) is 4.79 Å². The van der Waals surface area contributed by atoms with Crippen molar-refractivity contribution in [1.82, 2.24) is 4.90 Å². The molecule has 0 aliphatic carbocycles. The highest BCUT2D eigenvalue weighted by Crippen LogP contribution is 2.25. The maximum atomic E-state index is 12.5. The van der Waals surface area contributed by atoms with E-state index >= 15 is 0 Å². The lowest BCUT2D eigenvalue weighted by Crippen LogP contribution is -2.41. The number of hydrogen-bond donors (Lipinski definition) is 1. The molecule has 1 heterocycles. The highest BCUT2D eigenvalue weighted by atomic mass is 79.9. The van der Waals surface area contributed by atoms with Crippen LogP contribution in [0.3, 0.4) is 0 Å². The summed E-state index contributed by atoms with van der Waals surface area (Å²) < 4.78 is 28.7. The van der Waals surface area contributed by atoms with Crippen molar-refractivity contribution in [2.24, 2.45) is 5.14 Å². The van der Waals surface area contributed by atoms with E-state index in [-0.39, 0.29) is 10.8 Å². The molecule has 0 aromatic heterocycles. The van der Waals surface area contributed by atoms with E-state index in [9.17, 15) is 13.2 Å². The average Bonchev–Trinajstić information content (AvgIpc) is 2.40. The third-order valence-corrected chi connectivity index (χ3v) is 4.89. The number of ether oxygens (including phenoxy) is 1. The van der Waals surface area contributed by atoms with Gasteiger partial charge in [-0.2, -0.15) is 0 Å². The maximum Gasteiger partial charge on any atom is 0.254 e. The van der Waals surface area contributed by atoms with Crippen LogP contribution in [-0.4, -0.2) is 45.5 Å². The minimum Gasteiger partial charge on any atom is -0.378 e. The van der Waals surface area contributed by atoms with Gasteiger partial charge in [0, 0.05) is 23.1 Å². The first-order valence-electron chi connectivity index (χ1n) is 6.00. The molecule has 1 aliphatic heterocycles. The molecule has 0 spiro atoms. The van der Waals surface area contributed by atoms with Gasteiger partial charge in [-0.05, 0) is 24.6 Å². The van der Waals surface area contributed by atoms with Crippen LogP contribution in [0, 0.1) is 6.92 Å². The normalized spacial score (nSPS) is 16.2. The number of nitrogens with two attached hydrogens (primary N) is 1. The van der Waals surface area contributed by atoms with Crippen LogP contribution in [0.4, 0.5) is 0 Å². The van der Waals surface area contributed by atoms with E-state index in [0.717, 1.165) is 0 Å². The van der Waals surface area contributed by atoms with E-state index in [1.807, 2.05) is 0 Å². The lowest BCUT2D eigenvalue weighted by molar-refractivity contribution is 0.0302. The summed E-state index contributed by atoms with van der Waals surface area (Å²) in [5.74, 6) is -0.211. The molecule has 0 atom stereocenters. The van der Waals surface area contributed by atoms with Gasteiger partial charge in [0.15, 0.2) is 0 Å². The maximum absolute atomic E-state index is 12.5. The topological polar surface area (TPSA) is 89.7 Å². The van der Waals surface area contributed by atoms with Crippen LogP contribution in [0.5, 0.6) is 0 Å². The third kappa shape index (κ3) is 3.20. The second-order valence-electron chi connectivity index (χ2n) is 4.53. The number of benzene rings is 1. The molecule has 2 N–H and O–H groups in total. The highest BCUT2D eigenvalue weighted by Gasteiger charge is 2.23. The fourth-order valence-corrected chi connectivity index (χ4v) is 3.15. The van der Waals surface area contributed by atoms with Crippen molar-refractivity contribution in [3.05, 3.63) is 27.7 Å². The van der Waals surface area contributed by atoms with Gasteiger partial charge in [0.25, 0.3) is 5.91 Å². The van der Waals surface area contributed by atoms with E-state index in [0.29, 0.717) is 41.9 Å². The molecule has 2 rings (SSSR count). The summed E-state index contributed by atoms with van der Waals surface area (Å²) in [5, 5.41) is 5.13. The number of halogens is 1. The molecular weight excluding hydrogens is 348 g/mol. The Morgan fingerprint density at radius 3 is 2.50 bits per heavy atom. The standard InChI is InChI=1S/C12H15BrN2O4S/c1-8-10(12(16)15-2-4-19-5-3-15)6-9(7-11(8)13)20(14,17)18/h6-7H,2-5H2,1H3,(H2,14,17,18). The van der Waals surface area contributed by atoms with Crippen LogP contribution in [0.25, 0.3) is 0 Å². The Labute approximate surface area is 126 Å². The summed E-state index contributed by atoms with van der Waals surface area (Å²) in [6.45, 7) is 3.72. The number of amides is 1. The number of rotatable bonds is 2. The predicted octanol–water partition coefficient (Wildman–Crippen LogP) is 0.877.